The Balaban J connectivity index is 2.18. The normalized spacial score (nSPS) is 14.5. The molecule has 1 heterocycles. The van der Waals surface area contributed by atoms with Gasteiger partial charge in [-0.1, -0.05) is 38.1 Å². The molecule has 132 valence electrons. The second-order valence-electron chi connectivity index (χ2n) is 6.25. The van der Waals surface area contributed by atoms with Gasteiger partial charge in [0.05, 0.1) is 5.69 Å². The molecule has 2 unspecified atom stereocenters. The van der Waals surface area contributed by atoms with Crippen molar-refractivity contribution in [2.75, 3.05) is 0 Å². The number of aromatic nitrogens is 2. The fourth-order valence-corrected chi connectivity index (χ4v) is 4.06. The number of nitrogens with one attached hydrogen (secondary N) is 1. The molecule has 0 saturated carbocycles. The van der Waals surface area contributed by atoms with Gasteiger partial charge in [-0.25, -0.2) is 13.1 Å². The van der Waals surface area contributed by atoms with Crippen LogP contribution in [0.3, 0.4) is 0 Å². The Hall–Kier alpha value is -1.66. The molecular weight excluding hydrogens is 322 g/mol. The Labute approximate surface area is 145 Å². The molecule has 2 rings (SSSR count). The van der Waals surface area contributed by atoms with Gasteiger partial charge in [0.2, 0.25) is 10.0 Å². The van der Waals surface area contributed by atoms with Crippen LogP contribution < -0.4 is 4.72 Å². The molecule has 1 aromatic carbocycles. The summed E-state index contributed by atoms with van der Waals surface area (Å²) in [6, 6.07) is 7.85. The van der Waals surface area contributed by atoms with Crippen molar-refractivity contribution in [1.29, 1.82) is 0 Å². The van der Waals surface area contributed by atoms with E-state index in [0.29, 0.717) is 18.2 Å². The molecular formula is C18H27N3O2S. The molecule has 0 aliphatic carbocycles. The predicted octanol–water partition coefficient (Wildman–Crippen LogP) is 3.76. The van der Waals surface area contributed by atoms with Gasteiger partial charge in [-0.3, -0.25) is 4.68 Å². The first kappa shape index (κ1) is 18.7. The molecule has 2 aromatic rings. The summed E-state index contributed by atoms with van der Waals surface area (Å²) in [5.41, 5.74) is 2.74. The van der Waals surface area contributed by atoms with E-state index in [1.165, 1.54) is 5.56 Å². The molecule has 0 aliphatic rings. The second kappa shape index (κ2) is 7.49. The summed E-state index contributed by atoms with van der Waals surface area (Å²) in [5, 5.41) is 4.21. The third kappa shape index (κ3) is 4.05. The van der Waals surface area contributed by atoms with E-state index in [2.05, 4.69) is 35.8 Å². The topological polar surface area (TPSA) is 64.0 Å². The van der Waals surface area contributed by atoms with E-state index in [1.807, 2.05) is 26.0 Å². The van der Waals surface area contributed by atoms with Crippen LogP contribution in [0.1, 0.15) is 62.9 Å². The van der Waals surface area contributed by atoms with Crippen LogP contribution in [0.2, 0.25) is 0 Å². The van der Waals surface area contributed by atoms with Gasteiger partial charge in [0.1, 0.15) is 4.90 Å². The number of aryl methyl sites for hydroxylation is 2. The highest BCUT2D eigenvalue weighted by molar-refractivity contribution is 7.89. The summed E-state index contributed by atoms with van der Waals surface area (Å²) >= 11 is 0. The Bertz CT molecular complexity index is 779. The lowest BCUT2D eigenvalue weighted by Crippen LogP contribution is -2.27. The van der Waals surface area contributed by atoms with Crippen LogP contribution in [0.15, 0.2) is 35.4 Å². The summed E-state index contributed by atoms with van der Waals surface area (Å²) in [4.78, 5) is 0.243. The molecule has 0 amide bonds. The monoisotopic (exact) mass is 349 g/mol. The smallest absolute Gasteiger partial charge is 0.244 e. The quantitative estimate of drug-likeness (QED) is 0.827. The van der Waals surface area contributed by atoms with Gasteiger partial charge >= 0.3 is 0 Å². The van der Waals surface area contributed by atoms with Crippen molar-refractivity contribution in [1.82, 2.24) is 14.5 Å². The zero-order chi connectivity index (χ0) is 17.9. The number of benzene rings is 1. The van der Waals surface area contributed by atoms with Crippen molar-refractivity contribution in [3.63, 3.8) is 0 Å². The summed E-state index contributed by atoms with van der Waals surface area (Å²) in [5.74, 6) is 0.508. The molecule has 0 radical (unpaired) electrons. The van der Waals surface area contributed by atoms with Crippen LogP contribution in [0, 0.1) is 6.92 Å². The molecule has 0 aliphatic heterocycles. The first-order valence-corrected chi connectivity index (χ1v) is 9.93. The summed E-state index contributed by atoms with van der Waals surface area (Å²) in [6.07, 6.45) is 2.67. The lowest BCUT2D eigenvalue weighted by molar-refractivity contribution is 0.566. The van der Waals surface area contributed by atoms with E-state index in [1.54, 1.807) is 17.8 Å². The van der Waals surface area contributed by atoms with Crippen LogP contribution in [0.25, 0.3) is 0 Å². The highest BCUT2D eigenvalue weighted by atomic mass is 32.2. The van der Waals surface area contributed by atoms with Crippen LogP contribution in [-0.4, -0.2) is 18.2 Å². The molecule has 6 heteroatoms. The minimum atomic E-state index is -3.59. The van der Waals surface area contributed by atoms with E-state index in [0.717, 1.165) is 12.0 Å². The molecule has 2 atom stereocenters. The Kier molecular flexibility index (Phi) is 5.83. The van der Waals surface area contributed by atoms with Gasteiger partial charge in [-0.15, -0.1) is 0 Å². The average molecular weight is 350 g/mol. The van der Waals surface area contributed by atoms with Crippen molar-refractivity contribution in [2.45, 2.75) is 64.4 Å². The first-order valence-electron chi connectivity index (χ1n) is 8.44. The Morgan fingerprint density at radius 3 is 2.21 bits per heavy atom. The zero-order valence-electron chi connectivity index (χ0n) is 15.1. The molecule has 0 saturated heterocycles. The van der Waals surface area contributed by atoms with Crippen LogP contribution in [-0.2, 0) is 16.6 Å². The molecule has 1 aromatic heterocycles. The Morgan fingerprint density at radius 2 is 1.71 bits per heavy atom. The third-order valence-corrected chi connectivity index (χ3v) is 6.11. The summed E-state index contributed by atoms with van der Waals surface area (Å²) in [6.45, 7) is 10.5. The minimum absolute atomic E-state index is 0.243. The fraction of sp³-hybridized carbons (Fsp3) is 0.500. The maximum Gasteiger partial charge on any atom is 0.244 e. The van der Waals surface area contributed by atoms with Crippen molar-refractivity contribution in [3.05, 3.63) is 47.3 Å². The van der Waals surface area contributed by atoms with Crippen molar-refractivity contribution >= 4 is 10.0 Å². The minimum Gasteiger partial charge on any atom is -0.271 e. The molecule has 0 fully saturated rings. The van der Waals surface area contributed by atoms with Gasteiger partial charge < -0.3 is 0 Å². The van der Waals surface area contributed by atoms with Gasteiger partial charge in [-0.05, 0) is 44.2 Å². The lowest BCUT2D eigenvalue weighted by atomic mass is 9.96. The van der Waals surface area contributed by atoms with Crippen molar-refractivity contribution < 1.29 is 8.42 Å². The maximum absolute atomic E-state index is 12.6. The standard InChI is InChI=1S/C18H27N3O2S/c1-6-13(3)16-8-10-17(11-9-16)14(4)20-24(22,23)18-12-21(7-2)19-15(18)5/h8-14,20H,6-7H2,1-5H3. The van der Waals surface area contributed by atoms with Crippen molar-refractivity contribution in [2.24, 2.45) is 0 Å². The van der Waals surface area contributed by atoms with E-state index in [4.69, 9.17) is 0 Å². The lowest BCUT2D eigenvalue weighted by Gasteiger charge is -2.16. The maximum atomic E-state index is 12.6. The van der Waals surface area contributed by atoms with Gasteiger partial charge in [0.15, 0.2) is 0 Å². The SMILES string of the molecule is CCC(C)c1ccc(C(C)NS(=O)(=O)c2cn(CC)nc2C)cc1. The largest absolute Gasteiger partial charge is 0.271 e. The second-order valence-corrected chi connectivity index (χ2v) is 7.94. The average Bonchev–Trinajstić information content (AvgIpc) is 2.95. The predicted molar refractivity (Wildman–Crippen MR) is 96.5 cm³/mol. The number of hydrogen-bond acceptors (Lipinski definition) is 3. The van der Waals surface area contributed by atoms with Crippen LogP contribution in [0.4, 0.5) is 0 Å². The number of hydrogen-bond donors (Lipinski definition) is 1. The zero-order valence-corrected chi connectivity index (χ0v) is 15.9. The van der Waals surface area contributed by atoms with E-state index in [9.17, 15) is 8.42 Å². The van der Waals surface area contributed by atoms with Gasteiger partial charge in [0.25, 0.3) is 0 Å². The fourth-order valence-electron chi connectivity index (χ4n) is 2.64. The van der Waals surface area contributed by atoms with Crippen LogP contribution in [0.5, 0.6) is 0 Å². The molecule has 0 bridgehead atoms. The number of sulfonamides is 1. The van der Waals surface area contributed by atoms with Crippen molar-refractivity contribution in [3.8, 4) is 0 Å². The molecule has 5 nitrogen and oxygen atoms in total. The van der Waals surface area contributed by atoms with Crippen LogP contribution >= 0.6 is 0 Å². The number of rotatable bonds is 7. The Morgan fingerprint density at radius 1 is 1.12 bits per heavy atom. The highest BCUT2D eigenvalue weighted by Gasteiger charge is 2.23. The van der Waals surface area contributed by atoms with E-state index >= 15 is 0 Å². The number of nitrogens with zero attached hydrogens (tertiary/aromatic N) is 2. The molecule has 1 N–H and O–H groups in total. The first-order chi connectivity index (χ1) is 11.3. The highest BCUT2D eigenvalue weighted by Crippen LogP contribution is 2.23. The van der Waals surface area contributed by atoms with Gasteiger partial charge in [-0.2, -0.15) is 5.10 Å². The molecule has 24 heavy (non-hydrogen) atoms. The van der Waals surface area contributed by atoms with Gasteiger partial charge in [0, 0.05) is 18.8 Å². The summed E-state index contributed by atoms with van der Waals surface area (Å²) < 4.78 is 29.6. The third-order valence-electron chi connectivity index (χ3n) is 4.46. The molecule has 0 spiro atoms. The van der Waals surface area contributed by atoms with E-state index < -0.39 is 10.0 Å². The van der Waals surface area contributed by atoms with E-state index in [-0.39, 0.29) is 10.9 Å². The summed E-state index contributed by atoms with van der Waals surface area (Å²) in [7, 11) is -3.59.